The van der Waals surface area contributed by atoms with Gasteiger partial charge in [-0.2, -0.15) is 5.10 Å². The summed E-state index contributed by atoms with van der Waals surface area (Å²) in [5, 5.41) is 6.48. The molecule has 76 valence electrons. The normalized spacial score (nSPS) is 9.86. The largest absolute Gasteiger partial charge is 0.311 e. The van der Waals surface area contributed by atoms with Gasteiger partial charge < -0.3 is 5.32 Å². The van der Waals surface area contributed by atoms with Gasteiger partial charge in [-0.15, -0.1) is 0 Å². The summed E-state index contributed by atoms with van der Waals surface area (Å²) in [5.41, 5.74) is 0. The van der Waals surface area contributed by atoms with Gasteiger partial charge in [-0.05, 0) is 0 Å². The Morgan fingerprint density at radius 1 is 1.57 bits per heavy atom. The van der Waals surface area contributed by atoms with Crippen molar-refractivity contribution in [3.63, 3.8) is 0 Å². The third kappa shape index (κ3) is 2.69. The highest BCUT2D eigenvalue weighted by Crippen LogP contribution is 2.04. The average molecular weight is 195 g/mol. The molecule has 14 heavy (non-hydrogen) atoms. The molecule has 0 aromatic carbocycles. The molecule has 1 aromatic rings. The summed E-state index contributed by atoms with van der Waals surface area (Å²) in [6, 6.07) is 1.67. The van der Waals surface area contributed by atoms with Crippen LogP contribution in [0.5, 0.6) is 0 Å². The summed E-state index contributed by atoms with van der Waals surface area (Å²) in [4.78, 5) is 22.2. The number of carbonyl (C=O) groups is 2. The highest BCUT2D eigenvalue weighted by Gasteiger charge is 2.08. The van der Waals surface area contributed by atoms with Crippen LogP contribution in [-0.2, 0) is 16.6 Å². The summed E-state index contributed by atoms with van der Waals surface area (Å²) in [6.45, 7) is 1.74. The number of nitrogens with zero attached hydrogens (tertiary/aromatic N) is 2. The van der Waals surface area contributed by atoms with Gasteiger partial charge in [0.1, 0.15) is 11.6 Å². The first-order chi connectivity index (χ1) is 6.63. The number of nitrogens with one attached hydrogen (secondary N) is 1. The summed E-state index contributed by atoms with van der Waals surface area (Å²) >= 11 is 0. The number of rotatable bonds is 4. The Bertz CT molecular complexity index is 344. The number of anilines is 1. The van der Waals surface area contributed by atoms with Crippen molar-refractivity contribution in [1.82, 2.24) is 9.78 Å². The van der Waals surface area contributed by atoms with E-state index in [1.807, 2.05) is 0 Å². The maximum Gasteiger partial charge on any atom is 0.232 e. The molecule has 0 spiro atoms. The second kappa shape index (κ2) is 4.55. The van der Waals surface area contributed by atoms with Crippen molar-refractivity contribution >= 4 is 17.5 Å². The zero-order valence-corrected chi connectivity index (χ0v) is 8.28. The quantitative estimate of drug-likeness (QED) is 0.720. The van der Waals surface area contributed by atoms with Gasteiger partial charge in [0.15, 0.2) is 0 Å². The van der Waals surface area contributed by atoms with E-state index in [1.54, 1.807) is 26.2 Å². The van der Waals surface area contributed by atoms with Gasteiger partial charge in [-0.25, -0.2) is 0 Å². The first-order valence-electron chi connectivity index (χ1n) is 4.43. The molecule has 1 rings (SSSR count). The second-order valence-corrected chi connectivity index (χ2v) is 2.96. The van der Waals surface area contributed by atoms with Crippen molar-refractivity contribution in [3.8, 4) is 0 Å². The Morgan fingerprint density at radius 2 is 2.29 bits per heavy atom. The highest BCUT2D eigenvalue weighted by molar-refractivity contribution is 6.03. The molecule has 5 nitrogen and oxygen atoms in total. The first kappa shape index (κ1) is 10.4. The number of hydrogen-bond donors (Lipinski definition) is 1. The Hall–Kier alpha value is -1.65. The van der Waals surface area contributed by atoms with Gasteiger partial charge in [-0.3, -0.25) is 14.3 Å². The van der Waals surface area contributed by atoms with E-state index in [1.165, 1.54) is 4.68 Å². The van der Waals surface area contributed by atoms with Gasteiger partial charge in [0, 0.05) is 19.5 Å². The monoisotopic (exact) mass is 195 g/mol. The molecular formula is C9H13N3O2. The summed E-state index contributed by atoms with van der Waals surface area (Å²) < 4.78 is 1.54. The maximum atomic E-state index is 11.3. The van der Waals surface area contributed by atoms with Gasteiger partial charge in [0.25, 0.3) is 0 Å². The smallest absolute Gasteiger partial charge is 0.232 e. The predicted octanol–water partition coefficient (Wildman–Crippen LogP) is 0.728. The number of ketones is 1. The van der Waals surface area contributed by atoms with Gasteiger partial charge in [-0.1, -0.05) is 6.92 Å². The maximum absolute atomic E-state index is 11.3. The van der Waals surface area contributed by atoms with Crippen LogP contribution in [0.15, 0.2) is 12.3 Å². The van der Waals surface area contributed by atoms with Crippen LogP contribution in [-0.4, -0.2) is 21.5 Å². The lowest BCUT2D eigenvalue weighted by Crippen LogP contribution is -2.17. The number of hydrogen-bond acceptors (Lipinski definition) is 3. The van der Waals surface area contributed by atoms with Crippen LogP contribution in [0.3, 0.4) is 0 Å². The molecule has 0 aliphatic rings. The van der Waals surface area contributed by atoms with E-state index in [4.69, 9.17) is 0 Å². The van der Waals surface area contributed by atoms with E-state index in [2.05, 4.69) is 10.4 Å². The molecule has 0 aliphatic carbocycles. The third-order valence-corrected chi connectivity index (χ3v) is 1.84. The van der Waals surface area contributed by atoms with Crippen molar-refractivity contribution in [2.45, 2.75) is 19.8 Å². The number of aromatic nitrogens is 2. The Kier molecular flexibility index (Phi) is 3.39. The molecule has 5 heteroatoms. The summed E-state index contributed by atoms with van der Waals surface area (Å²) in [7, 11) is 1.72. The number of amides is 1. The average Bonchev–Trinajstić information content (AvgIpc) is 2.51. The van der Waals surface area contributed by atoms with Crippen molar-refractivity contribution in [2.24, 2.45) is 7.05 Å². The van der Waals surface area contributed by atoms with E-state index in [0.717, 1.165) is 0 Å². The van der Waals surface area contributed by atoms with E-state index < -0.39 is 0 Å². The van der Waals surface area contributed by atoms with Gasteiger partial charge >= 0.3 is 0 Å². The topological polar surface area (TPSA) is 64.0 Å². The Balaban J connectivity index is 2.50. The number of carbonyl (C=O) groups excluding carboxylic acids is 2. The molecule has 0 bridgehead atoms. The Labute approximate surface area is 82.1 Å². The lowest BCUT2D eigenvalue weighted by Gasteiger charge is -2.03. The minimum Gasteiger partial charge on any atom is -0.311 e. The predicted molar refractivity (Wildman–Crippen MR) is 51.8 cm³/mol. The van der Waals surface area contributed by atoms with Crippen LogP contribution in [0.4, 0.5) is 5.82 Å². The van der Waals surface area contributed by atoms with E-state index in [0.29, 0.717) is 12.2 Å². The first-order valence-corrected chi connectivity index (χ1v) is 4.43. The molecule has 1 aromatic heterocycles. The molecule has 0 radical (unpaired) electrons. The third-order valence-electron chi connectivity index (χ3n) is 1.84. The van der Waals surface area contributed by atoms with Crippen molar-refractivity contribution < 1.29 is 9.59 Å². The SMILES string of the molecule is CCC(=O)CC(=O)Nc1ccnn1C. The number of aryl methyl sites for hydroxylation is 1. The van der Waals surface area contributed by atoms with Crippen LogP contribution in [0.2, 0.25) is 0 Å². The van der Waals surface area contributed by atoms with Crippen molar-refractivity contribution in [1.29, 1.82) is 0 Å². The van der Waals surface area contributed by atoms with Crippen LogP contribution < -0.4 is 5.32 Å². The highest BCUT2D eigenvalue weighted by atomic mass is 16.2. The van der Waals surface area contributed by atoms with Crippen LogP contribution >= 0.6 is 0 Å². The lowest BCUT2D eigenvalue weighted by molar-refractivity contribution is -0.125. The molecular weight excluding hydrogens is 182 g/mol. The minimum absolute atomic E-state index is 0.0651. The van der Waals surface area contributed by atoms with Crippen LogP contribution in [0.1, 0.15) is 19.8 Å². The minimum atomic E-state index is -0.291. The molecule has 0 saturated heterocycles. The summed E-state index contributed by atoms with van der Waals surface area (Å²) in [6.07, 6.45) is 1.90. The van der Waals surface area contributed by atoms with Gasteiger partial charge in [0.2, 0.25) is 5.91 Å². The van der Waals surface area contributed by atoms with Crippen LogP contribution in [0, 0.1) is 0 Å². The zero-order chi connectivity index (χ0) is 10.6. The fourth-order valence-electron chi connectivity index (χ4n) is 0.988. The summed E-state index contributed by atoms with van der Waals surface area (Å²) in [5.74, 6) is 0.240. The van der Waals surface area contributed by atoms with Gasteiger partial charge in [0.05, 0.1) is 12.6 Å². The molecule has 1 N–H and O–H groups in total. The molecule has 0 saturated carbocycles. The molecule has 0 fully saturated rings. The second-order valence-electron chi connectivity index (χ2n) is 2.96. The van der Waals surface area contributed by atoms with E-state index >= 15 is 0 Å². The molecule has 1 heterocycles. The lowest BCUT2D eigenvalue weighted by atomic mass is 10.2. The van der Waals surface area contributed by atoms with Crippen molar-refractivity contribution in [2.75, 3.05) is 5.32 Å². The van der Waals surface area contributed by atoms with E-state index in [-0.39, 0.29) is 18.1 Å². The fraction of sp³-hybridized carbons (Fsp3) is 0.444. The number of Topliss-reactive ketones (excluding diaryl/α,β-unsaturated/α-hetero) is 1. The Morgan fingerprint density at radius 3 is 2.79 bits per heavy atom. The van der Waals surface area contributed by atoms with Crippen LogP contribution in [0.25, 0.3) is 0 Å². The van der Waals surface area contributed by atoms with E-state index in [9.17, 15) is 9.59 Å². The molecule has 0 unspecified atom stereocenters. The zero-order valence-electron chi connectivity index (χ0n) is 8.28. The standard InChI is InChI=1S/C9H13N3O2/c1-3-7(13)6-9(14)11-8-4-5-10-12(8)2/h4-5H,3,6H2,1-2H3,(H,11,14). The molecule has 0 aliphatic heterocycles. The fourth-order valence-corrected chi connectivity index (χ4v) is 0.988. The molecule has 0 atom stereocenters. The molecule has 1 amide bonds. The van der Waals surface area contributed by atoms with Crippen molar-refractivity contribution in [3.05, 3.63) is 12.3 Å².